The first-order valence-corrected chi connectivity index (χ1v) is 5.11. The molecule has 9 nitrogen and oxygen atoms in total. The summed E-state index contributed by atoms with van der Waals surface area (Å²) < 4.78 is 0. The van der Waals surface area contributed by atoms with Crippen LogP contribution in [0.25, 0.3) is 10.4 Å². The number of nitrogens with zero attached hydrogens (tertiary/aromatic N) is 4. The Labute approximate surface area is 106 Å². The molecule has 1 rings (SSSR count). The largest absolute Gasteiger partial charge is 0.390 e. The lowest BCUT2D eigenvalue weighted by Crippen LogP contribution is -2.21. The molecule has 0 fully saturated rings. The second kappa shape index (κ2) is 6.45. The number of aliphatic hydroxyl groups excluding tert-OH is 2. The number of nitro groups is 1. The average molecular weight is 266 g/mol. The molecule has 9 heteroatoms. The minimum absolute atomic E-state index is 0.0536. The smallest absolute Gasteiger partial charge is 0.280 e. The summed E-state index contributed by atoms with van der Waals surface area (Å²) in [5.41, 5.74) is 7.54. The first kappa shape index (κ1) is 14.6. The number of nitro benzene ring substituents is 1. The van der Waals surface area contributed by atoms with Crippen molar-refractivity contribution in [2.45, 2.75) is 12.2 Å². The number of azide groups is 1. The van der Waals surface area contributed by atoms with Crippen molar-refractivity contribution in [1.29, 1.82) is 0 Å². The fourth-order valence-electron chi connectivity index (χ4n) is 1.44. The number of benzene rings is 1. The van der Waals surface area contributed by atoms with Gasteiger partial charge in [-0.3, -0.25) is 14.9 Å². The van der Waals surface area contributed by atoms with E-state index in [1.165, 1.54) is 12.1 Å². The van der Waals surface area contributed by atoms with Gasteiger partial charge in [-0.2, -0.15) is 0 Å². The van der Waals surface area contributed by atoms with Crippen LogP contribution in [-0.4, -0.2) is 34.1 Å². The van der Waals surface area contributed by atoms with E-state index in [2.05, 4.69) is 10.0 Å². The molecule has 0 bridgehead atoms. The SMILES string of the molecule is [N-]=[N+]=NCC(O)C(O)c1ccc(C=O)c([N+](=O)[O-])c1. The maximum atomic E-state index is 10.7. The van der Waals surface area contributed by atoms with Crippen molar-refractivity contribution >= 4 is 12.0 Å². The Morgan fingerprint density at radius 2 is 2.21 bits per heavy atom. The minimum Gasteiger partial charge on any atom is -0.390 e. The maximum Gasteiger partial charge on any atom is 0.280 e. The number of carbonyl (C=O) groups is 1. The normalized spacial score (nSPS) is 13.2. The third-order valence-electron chi connectivity index (χ3n) is 2.42. The van der Waals surface area contributed by atoms with Gasteiger partial charge in [-0.05, 0) is 17.2 Å². The molecule has 0 radical (unpaired) electrons. The van der Waals surface area contributed by atoms with Crippen LogP contribution in [0.3, 0.4) is 0 Å². The predicted octanol–water partition coefficient (Wildman–Crippen LogP) is 1.11. The molecule has 2 atom stereocenters. The van der Waals surface area contributed by atoms with E-state index in [4.69, 9.17) is 5.53 Å². The second-order valence-electron chi connectivity index (χ2n) is 3.62. The highest BCUT2D eigenvalue weighted by Crippen LogP contribution is 2.24. The lowest BCUT2D eigenvalue weighted by molar-refractivity contribution is -0.385. The molecule has 0 amide bonds. The number of carbonyl (C=O) groups excluding carboxylic acids is 1. The molecule has 0 saturated heterocycles. The minimum atomic E-state index is -1.45. The molecule has 2 N–H and O–H groups in total. The highest BCUT2D eigenvalue weighted by molar-refractivity contribution is 5.81. The summed E-state index contributed by atoms with van der Waals surface area (Å²) in [5, 5.41) is 33.1. The van der Waals surface area contributed by atoms with E-state index in [-0.39, 0.29) is 17.7 Å². The predicted molar refractivity (Wildman–Crippen MR) is 63.5 cm³/mol. The Hall–Kier alpha value is -2.48. The molecule has 0 aliphatic heterocycles. The summed E-state index contributed by atoms with van der Waals surface area (Å²) in [6.07, 6.45) is -2.52. The Bertz CT molecular complexity index is 541. The van der Waals surface area contributed by atoms with Crippen molar-refractivity contribution in [2.75, 3.05) is 6.54 Å². The van der Waals surface area contributed by atoms with Gasteiger partial charge >= 0.3 is 0 Å². The summed E-state index contributed by atoms with van der Waals surface area (Å²) in [4.78, 5) is 23.0. The van der Waals surface area contributed by atoms with Crippen LogP contribution in [0.5, 0.6) is 0 Å². The zero-order valence-electron chi connectivity index (χ0n) is 9.58. The monoisotopic (exact) mass is 266 g/mol. The molecule has 0 aromatic heterocycles. The molecule has 0 aliphatic carbocycles. The van der Waals surface area contributed by atoms with Crippen molar-refractivity contribution < 1.29 is 19.9 Å². The van der Waals surface area contributed by atoms with Crippen LogP contribution in [0, 0.1) is 10.1 Å². The third kappa shape index (κ3) is 3.49. The molecule has 0 aliphatic rings. The highest BCUT2D eigenvalue weighted by atomic mass is 16.6. The van der Waals surface area contributed by atoms with Crippen LogP contribution in [-0.2, 0) is 0 Å². The number of hydrogen-bond donors (Lipinski definition) is 2. The summed E-state index contributed by atoms with van der Waals surface area (Å²) in [7, 11) is 0. The molecule has 1 aromatic rings. The summed E-state index contributed by atoms with van der Waals surface area (Å²) in [5.74, 6) is 0. The van der Waals surface area contributed by atoms with E-state index in [9.17, 15) is 25.1 Å². The number of hydrogen-bond acceptors (Lipinski definition) is 6. The molecule has 0 saturated carbocycles. The first-order chi connectivity index (χ1) is 9.01. The molecule has 19 heavy (non-hydrogen) atoms. The van der Waals surface area contributed by atoms with E-state index in [0.717, 1.165) is 6.07 Å². The van der Waals surface area contributed by atoms with Crippen molar-refractivity contribution in [2.24, 2.45) is 5.11 Å². The van der Waals surface area contributed by atoms with Crippen molar-refractivity contribution in [3.63, 3.8) is 0 Å². The Kier molecular flexibility index (Phi) is 4.95. The first-order valence-electron chi connectivity index (χ1n) is 5.11. The molecular formula is C10H10N4O5. The highest BCUT2D eigenvalue weighted by Gasteiger charge is 2.22. The van der Waals surface area contributed by atoms with Gasteiger partial charge in [0.05, 0.1) is 23.1 Å². The van der Waals surface area contributed by atoms with Gasteiger partial charge in [0, 0.05) is 11.0 Å². The zero-order valence-corrected chi connectivity index (χ0v) is 9.58. The average Bonchev–Trinajstić information content (AvgIpc) is 2.42. The fourth-order valence-corrected chi connectivity index (χ4v) is 1.44. The van der Waals surface area contributed by atoms with Crippen LogP contribution in [0.2, 0.25) is 0 Å². The molecule has 1 aromatic carbocycles. The van der Waals surface area contributed by atoms with Crippen LogP contribution in [0.1, 0.15) is 22.0 Å². The van der Waals surface area contributed by atoms with Crippen molar-refractivity contribution in [3.05, 3.63) is 49.9 Å². The van der Waals surface area contributed by atoms with Gasteiger partial charge in [-0.1, -0.05) is 11.2 Å². The van der Waals surface area contributed by atoms with Gasteiger partial charge in [-0.15, -0.1) is 0 Å². The van der Waals surface area contributed by atoms with Gasteiger partial charge in [-0.25, -0.2) is 0 Å². The fraction of sp³-hybridized carbons (Fsp3) is 0.300. The zero-order chi connectivity index (χ0) is 14.4. The summed E-state index contributed by atoms with van der Waals surface area (Å²) in [6, 6.07) is 3.44. The van der Waals surface area contributed by atoms with E-state index in [0.29, 0.717) is 6.29 Å². The van der Waals surface area contributed by atoms with Crippen LogP contribution in [0.4, 0.5) is 5.69 Å². The maximum absolute atomic E-state index is 10.7. The van der Waals surface area contributed by atoms with E-state index in [1.807, 2.05) is 0 Å². The number of rotatable bonds is 6. The van der Waals surface area contributed by atoms with Gasteiger partial charge in [0.1, 0.15) is 6.10 Å². The molecule has 2 unspecified atom stereocenters. The van der Waals surface area contributed by atoms with E-state index >= 15 is 0 Å². The van der Waals surface area contributed by atoms with Gasteiger partial charge in [0.25, 0.3) is 5.69 Å². The second-order valence-corrected chi connectivity index (χ2v) is 3.62. The van der Waals surface area contributed by atoms with Gasteiger partial charge < -0.3 is 10.2 Å². The topological polar surface area (TPSA) is 149 Å². The van der Waals surface area contributed by atoms with Crippen LogP contribution >= 0.6 is 0 Å². The van der Waals surface area contributed by atoms with Crippen molar-refractivity contribution in [3.8, 4) is 0 Å². The Balaban J connectivity index is 3.07. The lowest BCUT2D eigenvalue weighted by Gasteiger charge is -2.16. The summed E-state index contributed by atoms with van der Waals surface area (Å²) >= 11 is 0. The standard InChI is InChI=1S/C10H10N4O5/c11-13-12-4-9(16)10(17)6-1-2-7(5-15)8(3-6)14(18)19/h1-3,5,9-10,16-17H,4H2. The number of aldehydes is 1. The molecule has 0 spiro atoms. The molecule has 100 valence electrons. The van der Waals surface area contributed by atoms with Crippen LogP contribution in [0.15, 0.2) is 23.3 Å². The Morgan fingerprint density at radius 3 is 2.74 bits per heavy atom. The molecule has 0 heterocycles. The Morgan fingerprint density at radius 1 is 1.53 bits per heavy atom. The molecular weight excluding hydrogens is 256 g/mol. The summed E-state index contributed by atoms with van der Waals surface area (Å²) in [6.45, 7) is -0.374. The number of aliphatic hydroxyl groups is 2. The van der Waals surface area contributed by atoms with Crippen LogP contribution < -0.4 is 0 Å². The van der Waals surface area contributed by atoms with E-state index in [1.54, 1.807) is 0 Å². The van der Waals surface area contributed by atoms with Crippen molar-refractivity contribution in [1.82, 2.24) is 0 Å². The quantitative estimate of drug-likeness (QED) is 0.197. The lowest BCUT2D eigenvalue weighted by atomic mass is 10.0. The van der Waals surface area contributed by atoms with Gasteiger partial charge in [0.2, 0.25) is 0 Å². The van der Waals surface area contributed by atoms with Gasteiger partial charge in [0.15, 0.2) is 6.29 Å². The third-order valence-corrected chi connectivity index (χ3v) is 2.42. The van der Waals surface area contributed by atoms with E-state index < -0.39 is 22.8 Å².